The molecular formula is C15H30N2. The molecule has 0 radical (unpaired) electrons. The number of hydrogen-bond acceptors (Lipinski definition) is 2. The van der Waals surface area contributed by atoms with Crippen molar-refractivity contribution in [2.75, 3.05) is 13.1 Å². The lowest BCUT2D eigenvalue weighted by Crippen LogP contribution is -2.43. The van der Waals surface area contributed by atoms with Gasteiger partial charge in [-0.2, -0.15) is 0 Å². The van der Waals surface area contributed by atoms with E-state index in [0.717, 1.165) is 18.6 Å². The van der Waals surface area contributed by atoms with Crippen LogP contribution < -0.4 is 5.73 Å². The van der Waals surface area contributed by atoms with Crippen molar-refractivity contribution < 1.29 is 0 Å². The van der Waals surface area contributed by atoms with Gasteiger partial charge in [-0.1, -0.05) is 38.5 Å². The van der Waals surface area contributed by atoms with Gasteiger partial charge in [-0.25, -0.2) is 0 Å². The predicted octanol–water partition coefficient (Wildman–Crippen LogP) is 3.30. The highest BCUT2D eigenvalue weighted by Crippen LogP contribution is 2.30. The van der Waals surface area contributed by atoms with Crippen LogP contribution in [-0.4, -0.2) is 30.1 Å². The van der Waals surface area contributed by atoms with Crippen LogP contribution in [0.4, 0.5) is 0 Å². The highest BCUT2D eigenvalue weighted by atomic mass is 15.2. The maximum absolute atomic E-state index is 5.71. The van der Waals surface area contributed by atoms with E-state index < -0.39 is 0 Å². The molecule has 100 valence electrons. The first-order valence-electron chi connectivity index (χ1n) is 7.87. The lowest BCUT2D eigenvalue weighted by Gasteiger charge is -2.36. The Kier molecular flexibility index (Phi) is 5.79. The third-order valence-corrected chi connectivity index (χ3v) is 4.71. The highest BCUT2D eigenvalue weighted by molar-refractivity contribution is 4.84. The zero-order valence-corrected chi connectivity index (χ0v) is 11.4. The van der Waals surface area contributed by atoms with Crippen LogP contribution in [0.15, 0.2) is 0 Å². The van der Waals surface area contributed by atoms with E-state index in [-0.39, 0.29) is 0 Å². The fourth-order valence-electron chi connectivity index (χ4n) is 3.76. The van der Waals surface area contributed by atoms with E-state index in [1.165, 1.54) is 77.2 Å². The van der Waals surface area contributed by atoms with Crippen LogP contribution >= 0.6 is 0 Å². The predicted molar refractivity (Wildman–Crippen MR) is 74.1 cm³/mol. The molecule has 0 aromatic rings. The van der Waals surface area contributed by atoms with Crippen LogP contribution in [-0.2, 0) is 0 Å². The van der Waals surface area contributed by atoms with Gasteiger partial charge in [0.2, 0.25) is 0 Å². The molecule has 0 atom stereocenters. The summed E-state index contributed by atoms with van der Waals surface area (Å²) < 4.78 is 0. The summed E-state index contributed by atoms with van der Waals surface area (Å²) in [6.07, 6.45) is 15.7. The lowest BCUT2D eigenvalue weighted by atomic mass is 10.0. The molecule has 2 N–H and O–H groups in total. The Morgan fingerprint density at radius 2 is 1.24 bits per heavy atom. The Labute approximate surface area is 107 Å². The average molecular weight is 238 g/mol. The molecule has 2 aliphatic rings. The van der Waals surface area contributed by atoms with Crippen LogP contribution in [0.2, 0.25) is 0 Å². The fraction of sp³-hybridized carbons (Fsp3) is 1.00. The summed E-state index contributed by atoms with van der Waals surface area (Å²) >= 11 is 0. The van der Waals surface area contributed by atoms with Crippen molar-refractivity contribution in [2.45, 2.75) is 82.7 Å². The van der Waals surface area contributed by atoms with Gasteiger partial charge in [-0.15, -0.1) is 0 Å². The fourth-order valence-corrected chi connectivity index (χ4v) is 3.76. The van der Waals surface area contributed by atoms with Gasteiger partial charge in [0.05, 0.1) is 0 Å². The molecule has 2 saturated carbocycles. The summed E-state index contributed by atoms with van der Waals surface area (Å²) in [6, 6.07) is 1.77. The van der Waals surface area contributed by atoms with Crippen molar-refractivity contribution in [3.05, 3.63) is 0 Å². The summed E-state index contributed by atoms with van der Waals surface area (Å²) in [6.45, 7) is 2.11. The second-order valence-electron chi connectivity index (χ2n) is 5.96. The molecule has 0 aliphatic heterocycles. The molecule has 0 amide bonds. The molecule has 0 heterocycles. The molecule has 0 spiro atoms. The Balaban J connectivity index is 1.91. The van der Waals surface area contributed by atoms with Gasteiger partial charge in [-0.3, -0.25) is 4.90 Å². The molecule has 17 heavy (non-hydrogen) atoms. The van der Waals surface area contributed by atoms with Crippen LogP contribution in [0.5, 0.6) is 0 Å². The molecule has 2 nitrogen and oxygen atoms in total. The van der Waals surface area contributed by atoms with Crippen LogP contribution in [0.3, 0.4) is 0 Å². The van der Waals surface area contributed by atoms with E-state index >= 15 is 0 Å². The molecule has 0 unspecified atom stereocenters. The van der Waals surface area contributed by atoms with E-state index in [2.05, 4.69) is 4.90 Å². The minimum absolute atomic E-state index is 0.857. The zero-order chi connectivity index (χ0) is 11.9. The van der Waals surface area contributed by atoms with Crippen LogP contribution in [0.1, 0.15) is 70.6 Å². The van der Waals surface area contributed by atoms with E-state index in [4.69, 9.17) is 5.73 Å². The summed E-state index contributed by atoms with van der Waals surface area (Å²) in [5.74, 6) is 0. The first-order valence-corrected chi connectivity index (χ1v) is 7.87. The quantitative estimate of drug-likeness (QED) is 0.745. The molecule has 2 aliphatic carbocycles. The lowest BCUT2D eigenvalue weighted by molar-refractivity contribution is 0.121. The second kappa shape index (κ2) is 7.38. The summed E-state index contributed by atoms with van der Waals surface area (Å²) in [4.78, 5) is 2.85. The van der Waals surface area contributed by atoms with Gasteiger partial charge in [-0.05, 0) is 45.2 Å². The third kappa shape index (κ3) is 3.96. The van der Waals surface area contributed by atoms with Crippen molar-refractivity contribution in [2.24, 2.45) is 5.73 Å². The summed E-state index contributed by atoms with van der Waals surface area (Å²) in [5, 5.41) is 0. The van der Waals surface area contributed by atoms with E-state index in [1.54, 1.807) is 0 Å². The Bertz CT molecular complexity index is 191. The van der Waals surface area contributed by atoms with E-state index in [9.17, 15) is 0 Å². The Hall–Kier alpha value is -0.0800. The minimum Gasteiger partial charge on any atom is -0.330 e. The van der Waals surface area contributed by atoms with E-state index in [0.29, 0.717) is 0 Å². The molecule has 0 aromatic carbocycles. The average Bonchev–Trinajstić information content (AvgIpc) is 2.73. The Morgan fingerprint density at radius 3 is 1.71 bits per heavy atom. The number of nitrogens with zero attached hydrogens (tertiary/aromatic N) is 1. The van der Waals surface area contributed by atoms with Gasteiger partial charge in [0.25, 0.3) is 0 Å². The summed E-state index contributed by atoms with van der Waals surface area (Å²) in [5.41, 5.74) is 5.71. The van der Waals surface area contributed by atoms with Crippen molar-refractivity contribution in [1.29, 1.82) is 0 Å². The SMILES string of the molecule is NCCCN(C1CCCCCC1)C1CCCC1. The maximum atomic E-state index is 5.71. The first-order chi connectivity index (χ1) is 8.42. The normalized spacial score (nSPS) is 24.4. The minimum atomic E-state index is 0.857. The van der Waals surface area contributed by atoms with Gasteiger partial charge in [0, 0.05) is 12.1 Å². The number of rotatable bonds is 5. The largest absolute Gasteiger partial charge is 0.330 e. The van der Waals surface area contributed by atoms with Crippen molar-refractivity contribution in [3.8, 4) is 0 Å². The van der Waals surface area contributed by atoms with Gasteiger partial charge in [0.15, 0.2) is 0 Å². The van der Waals surface area contributed by atoms with Crippen molar-refractivity contribution in [1.82, 2.24) is 4.90 Å². The standard InChI is InChI=1S/C15H30N2/c16-12-7-13-17(15-10-5-6-11-15)14-8-3-1-2-4-9-14/h14-15H,1-13,16H2. The molecular weight excluding hydrogens is 208 g/mol. The number of hydrogen-bond donors (Lipinski definition) is 1. The second-order valence-corrected chi connectivity index (χ2v) is 5.96. The third-order valence-electron chi connectivity index (χ3n) is 4.71. The van der Waals surface area contributed by atoms with Crippen LogP contribution in [0.25, 0.3) is 0 Å². The van der Waals surface area contributed by atoms with E-state index in [1.807, 2.05) is 0 Å². The molecule has 2 rings (SSSR count). The zero-order valence-electron chi connectivity index (χ0n) is 11.4. The van der Waals surface area contributed by atoms with Gasteiger partial charge in [0.1, 0.15) is 0 Å². The molecule has 0 saturated heterocycles. The molecule has 0 aromatic heterocycles. The van der Waals surface area contributed by atoms with Crippen LogP contribution in [0, 0.1) is 0 Å². The highest BCUT2D eigenvalue weighted by Gasteiger charge is 2.28. The smallest absolute Gasteiger partial charge is 0.00982 e. The van der Waals surface area contributed by atoms with Gasteiger partial charge >= 0.3 is 0 Å². The van der Waals surface area contributed by atoms with Crippen molar-refractivity contribution in [3.63, 3.8) is 0 Å². The monoisotopic (exact) mass is 238 g/mol. The van der Waals surface area contributed by atoms with Crippen molar-refractivity contribution >= 4 is 0 Å². The number of nitrogens with two attached hydrogens (primary N) is 1. The topological polar surface area (TPSA) is 29.3 Å². The maximum Gasteiger partial charge on any atom is 0.00982 e. The molecule has 0 bridgehead atoms. The Morgan fingerprint density at radius 1 is 0.765 bits per heavy atom. The molecule has 2 fully saturated rings. The molecule has 2 heteroatoms. The first kappa shape index (κ1) is 13.4. The van der Waals surface area contributed by atoms with Gasteiger partial charge < -0.3 is 5.73 Å². The summed E-state index contributed by atoms with van der Waals surface area (Å²) in [7, 11) is 0.